The summed E-state index contributed by atoms with van der Waals surface area (Å²) in [5.74, 6) is -1.51. The van der Waals surface area contributed by atoms with Gasteiger partial charge in [0, 0.05) is 23.2 Å². The van der Waals surface area contributed by atoms with Crippen molar-refractivity contribution in [2.45, 2.75) is 45.2 Å². The van der Waals surface area contributed by atoms with Crippen LogP contribution < -0.4 is 5.11 Å². The third-order valence-electron chi connectivity index (χ3n) is 3.81. The molecule has 0 aliphatic carbocycles. The Bertz CT molecular complexity index is 488. The SMILES string of the molecule is C[C@H]1CCC[C@H](C)N1C(=O)c1ccccc1C(=O)[O-]. The van der Waals surface area contributed by atoms with E-state index in [9.17, 15) is 14.7 Å². The number of likely N-dealkylation sites (tertiary alicyclic amines) is 1. The maximum atomic E-state index is 12.6. The summed E-state index contributed by atoms with van der Waals surface area (Å²) in [6.07, 6.45) is 3.03. The van der Waals surface area contributed by atoms with E-state index in [1.807, 2.05) is 13.8 Å². The summed E-state index contributed by atoms with van der Waals surface area (Å²) in [6, 6.07) is 6.55. The van der Waals surface area contributed by atoms with Gasteiger partial charge in [-0.25, -0.2) is 0 Å². The highest BCUT2D eigenvalue weighted by molar-refractivity contribution is 6.04. The maximum Gasteiger partial charge on any atom is 0.255 e. The summed E-state index contributed by atoms with van der Waals surface area (Å²) in [5.41, 5.74) is 0.195. The van der Waals surface area contributed by atoms with Gasteiger partial charge in [-0.15, -0.1) is 0 Å². The summed E-state index contributed by atoms with van der Waals surface area (Å²) in [6.45, 7) is 4.02. The third kappa shape index (κ3) is 2.62. The number of hydrogen-bond donors (Lipinski definition) is 0. The minimum absolute atomic E-state index is 0.0301. The summed E-state index contributed by atoms with van der Waals surface area (Å²) >= 11 is 0. The van der Waals surface area contributed by atoms with Crippen molar-refractivity contribution in [2.24, 2.45) is 0 Å². The fourth-order valence-electron chi connectivity index (χ4n) is 2.81. The standard InChI is InChI=1S/C15H19NO3/c1-10-6-5-7-11(2)16(10)14(17)12-8-3-4-9-13(12)15(18)19/h3-4,8-11H,5-7H2,1-2H3,(H,18,19)/p-1/t10-,11-/m0/s1. The molecule has 1 saturated heterocycles. The Morgan fingerprint density at radius 2 is 1.63 bits per heavy atom. The van der Waals surface area contributed by atoms with Gasteiger partial charge in [-0.3, -0.25) is 4.79 Å². The van der Waals surface area contributed by atoms with Gasteiger partial charge in [-0.2, -0.15) is 0 Å². The van der Waals surface area contributed by atoms with Gasteiger partial charge in [-0.1, -0.05) is 18.2 Å². The Kier molecular flexibility index (Phi) is 3.88. The molecular formula is C15H18NO3-. The van der Waals surface area contributed by atoms with Gasteiger partial charge in [0.25, 0.3) is 5.91 Å². The predicted octanol–water partition coefficient (Wildman–Crippen LogP) is 1.45. The van der Waals surface area contributed by atoms with Gasteiger partial charge in [0.2, 0.25) is 0 Å². The van der Waals surface area contributed by atoms with Gasteiger partial charge in [0.05, 0.1) is 5.97 Å². The van der Waals surface area contributed by atoms with Crippen LogP contribution in [0.5, 0.6) is 0 Å². The molecule has 0 aromatic heterocycles. The van der Waals surface area contributed by atoms with E-state index in [0.717, 1.165) is 19.3 Å². The van der Waals surface area contributed by atoms with E-state index in [0.29, 0.717) is 0 Å². The fraction of sp³-hybridized carbons (Fsp3) is 0.467. The maximum absolute atomic E-state index is 12.6. The van der Waals surface area contributed by atoms with E-state index < -0.39 is 5.97 Å². The second-order valence-corrected chi connectivity index (χ2v) is 5.17. The Morgan fingerprint density at radius 1 is 1.11 bits per heavy atom. The molecule has 4 nitrogen and oxygen atoms in total. The number of carbonyl (C=O) groups excluding carboxylic acids is 2. The molecule has 1 heterocycles. The van der Waals surface area contributed by atoms with Crippen molar-refractivity contribution in [1.82, 2.24) is 4.90 Å². The van der Waals surface area contributed by atoms with E-state index in [2.05, 4.69) is 0 Å². The number of carboxylic acid groups (broad SMARTS) is 1. The zero-order valence-electron chi connectivity index (χ0n) is 11.3. The summed E-state index contributed by atoms with van der Waals surface area (Å²) in [7, 11) is 0. The normalized spacial score (nSPS) is 23.2. The number of rotatable bonds is 2. The van der Waals surface area contributed by atoms with Crippen molar-refractivity contribution < 1.29 is 14.7 Å². The minimum Gasteiger partial charge on any atom is -0.545 e. The smallest absolute Gasteiger partial charge is 0.255 e. The lowest BCUT2D eigenvalue weighted by Crippen LogP contribution is -2.48. The molecule has 1 aromatic rings. The number of carbonyl (C=O) groups is 2. The Morgan fingerprint density at radius 3 is 2.16 bits per heavy atom. The monoisotopic (exact) mass is 260 g/mol. The van der Waals surface area contributed by atoms with Crippen LogP contribution in [0, 0.1) is 0 Å². The first-order valence-electron chi connectivity index (χ1n) is 6.65. The summed E-state index contributed by atoms with van der Waals surface area (Å²) in [5, 5.41) is 11.1. The molecule has 1 amide bonds. The van der Waals surface area contributed by atoms with Crippen LogP contribution in [0.4, 0.5) is 0 Å². The van der Waals surface area contributed by atoms with Crippen LogP contribution >= 0.6 is 0 Å². The highest BCUT2D eigenvalue weighted by Gasteiger charge is 2.30. The average molecular weight is 260 g/mol. The van der Waals surface area contributed by atoms with Gasteiger partial charge < -0.3 is 14.8 Å². The Balaban J connectivity index is 2.36. The second kappa shape index (κ2) is 5.43. The zero-order valence-corrected chi connectivity index (χ0v) is 11.3. The molecule has 0 radical (unpaired) electrons. The summed E-state index contributed by atoms with van der Waals surface area (Å²) in [4.78, 5) is 25.5. The number of piperidine rings is 1. The quantitative estimate of drug-likeness (QED) is 0.808. The number of carboxylic acids is 1. The molecule has 0 unspecified atom stereocenters. The van der Waals surface area contributed by atoms with Gasteiger partial charge >= 0.3 is 0 Å². The van der Waals surface area contributed by atoms with Gasteiger partial charge in [0.15, 0.2) is 0 Å². The zero-order chi connectivity index (χ0) is 14.0. The molecule has 1 aromatic carbocycles. The molecule has 0 bridgehead atoms. The molecule has 1 aliphatic rings. The van der Waals surface area contributed by atoms with E-state index in [-0.39, 0.29) is 29.1 Å². The molecule has 2 rings (SSSR count). The average Bonchev–Trinajstić information content (AvgIpc) is 2.38. The van der Waals surface area contributed by atoms with Crippen LogP contribution in [0.1, 0.15) is 53.8 Å². The van der Waals surface area contributed by atoms with Gasteiger partial charge in [-0.05, 0) is 39.2 Å². The molecule has 0 spiro atoms. The second-order valence-electron chi connectivity index (χ2n) is 5.17. The fourth-order valence-corrected chi connectivity index (χ4v) is 2.81. The Hall–Kier alpha value is -1.84. The van der Waals surface area contributed by atoms with E-state index in [4.69, 9.17) is 0 Å². The van der Waals surface area contributed by atoms with Crippen LogP contribution in [0.25, 0.3) is 0 Å². The van der Waals surface area contributed by atoms with Crippen molar-refractivity contribution in [3.8, 4) is 0 Å². The highest BCUT2D eigenvalue weighted by atomic mass is 16.4. The first-order chi connectivity index (χ1) is 9.02. The molecule has 2 atom stereocenters. The highest BCUT2D eigenvalue weighted by Crippen LogP contribution is 2.25. The van der Waals surface area contributed by atoms with E-state index in [1.54, 1.807) is 23.1 Å². The van der Waals surface area contributed by atoms with E-state index >= 15 is 0 Å². The van der Waals surface area contributed by atoms with Crippen molar-refractivity contribution in [3.63, 3.8) is 0 Å². The molecule has 102 valence electrons. The predicted molar refractivity (Wildman–Crippen MR) is 69.7 cm³/mol. The molecule has 4 heteroatoms. The van der Waals surface area contributed by atoms with E-state index in [1.165, 1.54) is 6.07 Å². The topological polar surface area (TPSA) is 60.4 Å². The van der Waals surface area contributed by atoms with Crippen LogP contribution in [0.3, 0.4) is 0 Å². The molecule has 0 N–H and O–H groups in total. The Labute approximate surface area is 113 Å². The largest absolute Gasteiger partial charge is 0.545 e. The number of hydrogen-bond acceptors (Lipinski definition) is 3. The molecular weight excluding hydrogens is 242 g/mol. The van der Waals surface area contributed by atoms with Crippen LogP contribution in [0.2, 0.25) is 0 Å². The molecule has 1 fully saturated rings. The van der Waals surface area contributed by atoms with Crippen molar-refractivity contribution in [1.29, 1.82) is 0 Å². The molecule has 1 aliphatic heterocycles. The lowest BCUT2D eigenvalue weighted by Gasteiger charge is -2.39. The first kappa shape index (κ1) is 13.6. The van der Waals surface area contributed by atoms with Crippen molar-refractivity contribution >= 4 is 11.9 Å². The summed E-state index contributed by atoms with van der Waals surface area (Å²) < 4.78 is 0. The molecule has 0 saturated carbocycles. The van der Waals surface area contributed by atoms with Crippen LogP contribution in [-0.2, 0) is 0 Å². The minimum atomic E-state index is -1.30. The molecule has 19 heavy (non-hydrogen) atoms. The number of amides is 1. The van der Waals surface area contributed by atoms with Crippen molar-refractivity contribution in [2.75, 3.05) is 0 Å². The van der Waals surface area contributed by atoms with Crippen LogP contribution in [0.15, 0.2) is 24.3 Å². The van der Waals surface area contributed by atoms with Gasteiger partial charge in [0.1, 0.15) is 0 Å². The van der Waals surface area contributed by atoms with Crippen molar-refractivity contribution in [3.05, 3.63) is 35.4 Å². The van der Waals surface area contributed by atoms with Crippen LogP contribution in [-0.4, -0.2) is 28.9 Å². The number of aromatic carboxylic acids is 1. The number of nitrogens with zero attached hydrogens (tertiary/aromatic N) is 1. The third-order valence-corrected chi connectivity index (χ3v) is 3.81. The number of benzene rings is 1. The lowest BCUT2D eigenvalue weighted by atomic mass is 9.95. The first-order valence-corrected chi connectivity index (χ1v) is 6.65. The lowest BCUT2D eigenvalue weighted by molar-refractivity contribution is -0.255.